The Kier molecular flexibility index (Phi) is 9.02. The lowest BCUT2D eigenvalue weighted by molar-refractivity contribution is -0.124. The van der Waals surface area contributed by atoms with E-state index in [-0.39, 0.29) is 23.8 Å². The second kappa shape index (κ2) is 11.2. The molecule has 1 aliphatic rings. The lowest BCUT2D eigenvalue weighted by Crippen LogP contribution is -2.42. The molecule has 30 heavy (non-hydrogen) atoms. The van der Waals surface area contributed by atoms with E-state index >= 15 is 0 Å². The Labute approximate surface area is 185 Å². The van der Waals surface area contributed by atoms with Gasteiger partial charge in [-0.2, -0.15) is 0 Å². The van der Waals surface area contributed by atoms with Crippen molar-refractivity contribution in [1.82, 2.24) is 15.5 Å². The molecule has 1 aromatic rings. The molecule has 0 aliphatic carbocycles. The summed E-state index contributed by atoms with van der Waals surface area (Å²) < 4.78 is 16.5. The van der Waals surface area contributed by atoms with Gasteiger partial charge in [-0.15, -0.1) is 0 Å². The van der Waals surface area contributed by atoms with Crippen LogP contribution in [0.4, 0.5) is 0 Å². The molecule has 0 unspecified atom stereocenters. The molecular formula is C22H35N3O4S. The maximum absolute atomic E-state index is 13.0. The molecular weight excluding hydrogens is 402 g/mol. The summed E-state index contributed by atoms with van der Waals surface area (Å²) >= 11 is 5.59. The first-order valence-electron chi connectivity index (χ1n) is 10.5. The van der Waals surface area contributed by atoms with Crippen LogP contribution in [0.1, 0.15) is 45.1 Å². The maximum atomic E-state index is 13.0. The molecule has 1 aliphatic heterocycles. The lowest BCUT2D eigenvalue weighted by atomic mass is 9.88. The van der Waals surface area contributed by atoms with E-state index in [9.17, 15) is 4.79 Å². The molecule has 2 rings (SSSR count). The third kappa shape index (κ3) is 5.68. The van der Waals surface area contributed by atoms with Crippen molar-refractivity contribution in [3.05, 3.63) is 17.7 Å². The number of unbranched alkanes of at least 4 members (excludes halogenated alkanes) is 1. The fourth-order valence-corrected chi connectivity index (χ4v) is 4.13. The number of hydrogen-bond donors (Lipinski definition) is 2. The van der Waals surface area contributed by atoms with Gasteiger partial charge in [-0.3, -0.25) is 4.79 Å². The zero-order valence-corrected chi connectivity index (χ0v) is 19.7. The molecule has 2 atom stereocenters. The van der Waals surface area contributed by atoms with Crippen molar-refractivity contribution in [2.24, 2.45) is 5.92 Å². The minimum absolute atomic E-state index is 0.0488. The molecule has 1 amide bonds. The van der Waals surface area contributed by atoms with Gasteiger partial charge in [0.15, 0.2) is 16.6 Å². The Morgan fingerprint density at radius 2 is 1.80 bits per heavy atom. The monoisotopic (exact) mass is 437 g/mol. The molecule has 8 heteroatoms. The third-order valence-corrected chi connectivity index (χ3v) is 5.68. The van der Waals surface area contributed by atoms with Gasteiger partial charge in [-0.05, 0) is 50.2 Å². The number of nitrogens with zero attached hydrogens (tertiary/aromatic N) is 1. The third-order valence-electron chi connectivity index (χ3n) is 5.30. The standard InChI is InChI=1S/C22H35N3O4S/c1-7-8-9-23-21(26)17-13-25(22(30)24-14(2)3)12-16(17)15-10-18(27-4)20(29-6)19(11-15)28-5/h10-11,14,16-17H,7-9,12-13H2,1-6H3,(H,23,26)(H,24,30)/t16-,17-/m0/s1. The highest BCUT2D eigenvalue weighted by molar-refractivity contribution is 7.80. The Hall–Kier alpha value is -2.22. The van der Waals surface area contributed by atoms with Gasteiger partial charge < -0.3 is 29.7 Å². The first kappa shape index (κ1) is 24.1. The number of thiocarbonyl (C=S) groups is 1. The zero-order chi connectivity index (χ0) is 22.3. The molecule has 0 spiro atoms. The van der Waals surface area contributed by atoms with E-state index in [4.69, 9.17) is 26.4 Å². The van der Waals surface area contributed by atoms with Crippen molar-refractivity contribution in [1.29, 1.82) is 0 Å². The minimum atomic E-state index is -0.225. The van der Waals surface area contributed by atoms with Gasteiger partial charge >= 0.3 is 0 Å². The quantitative estimate of drug-likeness (QED) is 0.455. The predicted octanol–water partition coefficient (Wildman–Crippen LogP) is 2.93. The van der Waals surface area contributed by atoms with Crippen molar-refractivity contribution in [3.63, 3.8) is 0 Å². The van der Waals surface area contributed by atoms with E-state index < -0.39 is 0 Å². The van der Waals surface area contributed by atoms with E-state index in [0.717, 1.165) is 18.4 Å². The number of rotatable bonds is 9. The molecule has 0 bridgehead atoms. The van der Waals surface area contributed by atoms with Gasteiger partial charge in [0.1, 0.15) is 0 Å². The lowest BCUT2D eigenvalue weighted by Gasteiger charge is -2.22. The van der Waals surface area contributed by atoms with Crippen molar-refractivity contribution in [2.75, 3.05) is 41.0 Å². The molecule has 1 aromatic carbocycles. The Morgan fingerprint density at radius 1 is 1.17 bits per heavy atom. The highest BCUT2D eigenvalue weighted by Crippen LogP contribution is 2.43. The number of carbonyl (C=O) groups excluding carboxylic acids is 1. The van der Waals surface area contributed by atoms with Gasteiger partial charge in [-0.25, -0.2) is 0 Å². The van der Waals surface area contributed by atoms with Gasteiger partial charge in [0.25, 0.3) is 0 Å². The largest absolute Gasteiger partial charge is 0.493 e. The van der Waals surface area contributed by atoms with Gasteiger partial charge in [0.05, 0.1) is 27.2 Å². The summed E-state index contributed by atoms with van der Waals surface area (Å²) in [5, 5.41) is 7.05. The SMILES string of the molecule is CCCCNC(=O)[C@H]1CN(C(=S)NC(C)C)C[C@H]1c1cc(OC)c(OC)c(OC)c1. The number of amides is 1. The Morgan fingerprint density at radius 3 is 2.30 bits per heavy atom. The van der Waals surface area contributed by atoms with Crippen LogP contribution in [0.5, 0.6) is 17.2 Å². The molecule has 1 saturated heterocycles. The first-order chi connectivity index (χ1) is 14.4. The molecule has 2 N–H and O–H groups in total. The van der Waals surface area contributed by atoms with E-state index in [1.165, 1.54) is 0 Å². The van der Waals surface area contributed by atoms with Crippen molar-refractivity contribution in [3.8, 4) is 17.2 Å². The van der Waals surface area contributed by atoms with Crippen molar-refractivity contribution >= 4 is 23.2 Å². The number of hydrogen-bond acceptors (Lipinski definition) is 5. The highest BCUT2D eigenvalue weighted by Gasteiger charge is 2.40. The van der Waals surface area contributed by atoms with Crippen LogP contribution in [0.3, 0.4) is 0 Å². The summed E-state index contributed by atoms with van der Waals surface area (Å²) in [4.78, 5) is 15.1. The second-order valence-corrected chi connectivity index (χ2v) is 8.21. The van der Waals surface area contributed by atoms with E-state index in [1.54, 1.807) is 21.3 Å². The molecule has 1 fully saturated rings. The van der Waals surface area contributed by atoms with Crippen LogP contribution in [-0.2, 0) is 4.79 Å². The van der Waals surface area contributed by atoms with Crippen LogP contribution in [0, 0.1) is 5.92 Å². The molecule has 168 valence electrons. The summed E-state index contributed by atoms with van der Waals surface area (Å²) in [6.07, 6.45) is 2.00. The van der Waals surface area contributed by atoms with Crippen LogP contribution in [-0.4, -0.2) is 62.9 Å². The number of carbonyl (C=O) groups is 1. The average Bonchev–Trinajstić information content (AvgIpc) is 3.18. The topological polar surface area (TPSA) is 72.1 Å². The smallest absolute Gasteiger partial charge is 0.225 e. The molecule has 1 heterocycles. The summed E-state index contributed by atoms with van der Waals surface area (Å²) in [6.45, 7) is 8.10. The average molecular weight is 438 g/mol. The van der Waals surface area contributed by atoms with Crippen LogP contribution < -0.4 is 24.8 Å². The fraction of sp³-hybridized carbons (Fsp3) is 0.636. The van der Waals surface area contributed by atoms with Gasteiger partial charge in [0, 0.05) is 31.6 Å². The predicted molar refractivity (Wildman–Crippen MR) is 123 cm³/mol. The molecule has 0 aromatic heterocycles. The highest BCUT2D eigenvalue weighted by atomic mass is 32.1. The van der Waals surface area contributed by atoms with Crippen molar-refractivity contribution < 1.29 is 19.0 Å². The van der Waals surface area contributed by atoms with Crippen LogP contribution in [0.15, 0.2) is 12.1 Å². The Balaban J connectivity index is 2.37. The van der Waals surface area contributed by atoms with Crippen LogP contribution in [0.25, 0.3) is 0 Å². The fourth-order valence-electron chi connectivity index (χ4n) is 3.75. The molecule has 0 saturated carbocycles. The van der Waals surface area contributed by atoms with E-state index in [0.29, 0.717) is 42.0 Å². The van der Waals surface area contributed by atoms with Crippen LogP contribution in [0.2, 0.25) is 0 Å². The number of ether oxygens (including phenoxy) is 3. The Bertz CT molecular complexity index is 716. The number of methoxy groups -OCH3 is 3. The van der Waals surface area contributed by atoms with Crippen LogP contribution >= 0.6 is 12.2 Å². The van der Waals surface area contributed by atoms with Gasteiger partial charge in [-0.1, -0.05) is 13.3 Å². The minimum Gasteiger partial charge on any atom is -0.493 e. The normalized spacial score (nSPS) is 18.3. The maximum Gasteiger partial charge on any atom is 0.225 e. The summed E-state index contributed by atoms with van der Waals surface area (Å²) in [7, 11) is 4.77. The second-order valence-electron chi connectivity index (χ2n) is 7.83. The number of likely N-dealkylation sites (tertiary alicyclic amines) is 1. The number of benzene rings is 1. The van der Waals surface area contributed by atoms with Crippen molar-refractivity contribution in [2.45, 2.75) is 45.6 Å². The molecule has 7 nitrogen and oxygen atoms in total. The molecule has 0 radical (unpaired) electrons. The van der Waals surface area contributed by atoms with Gasteiger partial charge in [0.2, 0.25) is 11.7 Å². The van der Waals surface area contributed by atoms with E-state index in [1.807, 2.05) is 26.0 Å². The zero-order valence-electron chi connectivity index (χ0n) is 18.9. The first-order valence-corrected chi connectivity index (χ1v) is 10.9. The van der Waals surface area contributed by atoms with E-state index in [2.05, 4.69) is 22.5 Å². The number of nitrogens with one attached hydrogen (secondary N) is 2. The summed E-state index contributed by atoms with van der Waals surface area (Å²) in [6, 6.07) is 4.09. The summed E-state index contributed by atoms with van der Waals surface area (Å²) in [5.41, 5.74) is 0.968. The summed E-state index contributed by atoms with van der Waals surface area (Å²) in [5.74, 6) is 1.48.